The quantitative estimate of drug-likeness (QED) is 0.850. The smallest absolute Gasteiger partial charge is 0.287 e. The molecule has 1 heterocycles. The van der Waals surface area contributed by atoms with E-state index < -0.39 is 0 Å². The molecule has 0 bridgehead atoms. The van der Waals surface area contributed by atoms with Crippen LogP contribution in [0.15, 0.2) is 16.5 Å². The Hall–Kier alpha value is -0.650. The lowest BCUT2D eigenvalue weighted by atomic mass is 10.2. The topological polar surface area (TPSA) is 62.5 Å². The van der Waals surface area contributed by atoms with Crippen molar-refractivity contribution in [3.8, 4) is 0 Å². The number of carbonyl (C=O) groups excluding carboxylic acids is 1. The van der Waals surface area contributed by atoms with E-state index >= 15 is 0 Å². The number of amides is 1. The maximum absolute atomic E-state index is 11.7. The summed E-state index contributed by atoms with van der Waals surface area (Å²) in [5.41, 5.74) is 0. The molecule has 0 aliphatic carbocycles. The first-order valence-electron chi connectivity index (χ1n) is 4.78. The minimum absolute atomic E-state index is 0.0154. The van der Waals surface area contributed by atoms with E-state index in [4.69, 9.17) is 21.1 Å². The van der Waals surface area contributed by atoms with E-state index in [2.05, 4.69) is 5.32 Å². The van der Waals surface area contributed by atoms with Crippen LogP contribution in [0.25, 0.3) is 0 Å². The second-order valence-corrected chi connectivity index (χ2v) is 4.77. The molecule has 0 radical (unpaired) electrons. The largest absolute Gasteiger partial charge is 0.440 e. The maximum atomic E-state index is 11.7. The summed E-state index contributed by atoms with van der Waals surface area (Å²) in [6, 6.07) is 2.88. The summed E-state index contributed by atoms with van der Waals surface area (Å²) in [6.07, 6.45) is 1.88. The molecule has 1 aromatic heterocycles. The first-order valence-corrected chi connectivity index (χ1v) is 6.45. The number of aliphatic hydroxyl groups is 1. The highest BCUT2D eigenvalue weighted by Crippen LogP contribution is 2.14. The third-order valence-corrected chi connectivity index (χ3v) is 3.56. The standard InChI is InChI=1S/C10H14ClNO3S/c1-6(8(5-13)16-2)12-10(14)7-3-4-9(11)15-7/h3-4,6,8,13H,5H2,1-2H3,(H,12,14). The van der Waals surface area contributed by atoms with Gasteiger partial charge < -0.3 is 14.8 Å². The fourth-order valence-electron chi connectivity index (χ4n) is 1.24. The van der Waals surface area contributed by atoms with Crippen LogP contribution in [0.3, 0.4) is 0 Å². The van der Waals surface area contributed by atoms with E-state index in [9.17, 15) is 4.79 Å². The van der Waals surface area contributed by atoms with Crippen LogP contribution in [0.2, 0.25) is 5.22 Å². The van der Waals surface area contributed by atoms with Crippen LogP contribution in [0.5, 0.6) is 0 Å². The molecule has 90 valence electrons. The van der Waals surface area contributed by atoms with Gasteiger partial charge in [-0.15, -0.1) is 0 Å². The van der Waals surface area contributed by atoms with Gasteiger partial charge in [0.05, 0.1) is 6.61 Å². The van der Waals surface area contributed by atoms with Gasteiger partial charge in [0.25, 0.3) is 5.91 Å². The average Bonchev–Trinajstić information content (AvgIpc) is 2.66. The number of aliphatic hydroxyl groups excluding tert-OH is 1. The minimum Gasteiger partial charge on any atom is -0.440 e. The van der Waals surface area contributed by atoms with Crippen molar-refractivity contribution in [2.75, 3.05) is 12.9 Å². The van der Waals surface area contributed by atoms with Crippen LogP contribution < -0.4 is 5.32 Å². The fraction of sp³-hybridized carbons (Fsp3) is 0.500. The number of hydrogen-bond donors (Lipinski definition) is 2. The number of halogens is 1. The van der Waals surface area contributed by atoms with Gasteiger partial charge in [0, 0.05) is 11.3 Å². The molecule has 0 aliphatic heterocycles. The van der Waals surface area contributed by atoms with Gasteiger partial charge in [-0.05, 0) is 36.9 Å². The predicted molar refractivity (Wildman–Crippen MR) is 65.0 cm³/mol. The zero-order chi connectivity index (χ0) is 12.1. The third kappa shape index (κ3) is 3.43. The zero-order valence-electron chi connectivity index (χ0n) is 9.07. The maximum Gasteiger partial charge on any atom is 0.287 e. The summed E-state index contributed by atoms with van der Waals surface area (Å²) < 4.78 is 4.98. The van der Waals surface area contributed by atoms with Crippen LogP contribution >= 0.6 is 23.4 Å². The highest BCUT2D eigenvalue weighted by molar-refractivity contribution is 7.99. The normalized spacial score (nSPS) is 14.5. The SMILES string of the molecule is CSC(CO)C(C)NC(=O)c1ccc(Cl)o1. The highest BCUT2D eigenvalue weighted by atomic mass is 35.5. The van der Waals surface area contributed by atoms with Gasteiger partial charge in [-0.2, -0.15) is 11.8 Å². The molecule has 6 heteroatoms. The lowest BCUT2D eigenvalue weighted by Crippen LogP contribution is -2.41. The zero-order valence-corrected chi connectivity index (χ0v) is 10.6. The molecule has 1 rings (SSSR count). The number of carbonyl (C=O) groups is 1. The van der Waals surface area contributed by atoms with E-state index in [1.807, 2.05) is 13.2 Å². The summed E-state index contributed by atoms with van der Waals surface area (Å²) in [5, 5.41) is 12.0. The molecule has 0 aromatic carbocycles. The third-order valence-electron chi connectivity index (χ3n) is 2.20. The van der Waals surface area contributed by atoms with E-state index in [0.29, 0.717) is 0 Å². The minimum atomic E-state index is -0.327. The number of furan rings is 1. The van der Waals surface area contributed by atoms with Crippen LogP contribution in [-0.4, -0.2) is 35.2 Å². The van der Waals surface area contributed by atoms with Crippen LogP contribution in [0.1, 0.15) is 17.5 Å². The number of nitrogens with one attached hydrogen (secondary N) is 1. The molecule has 0 aliphatic rings. The lowest BCUT2D eigenvalue weighted by Gasteiger charge is -2.20. The Morgan fingerprint density at radius 2 is 2.38 bits per heavy atom. The Labute approximate surface area is 103 Å². The summed E-state index contributed by atoms with van der Waals surface area (Å²) >= 11 is 7.07. The van der Waals surface area contributed by atoms with Crippen molar-refractivity contribution in [3.63, 3.8) is 0 Å². The van der Waals surface area contributed by atoms with E-state index in [1.165, 1.54) is 23.9 Å². The molecule has 0 fully saturated rings. The molecule has 0 spiro atoms. The molecular formula is C10H14ClNO3S. The van der Waals surface area contributed by atoms with Crippen LogP contribution in [0.4, 0.5) is 0 Å². The van der Waals surface area contributed by atoms with E-state index in [0.717, 1.165) is 0 Å². The van der Waals surface area contributed by atoms with Crippen molar-refractivity contribution >= 4 is 29.3 Å². The Balaban J connectivity index is 2.57. The molecule has 2 N–H and O–H groups in total. The molecular weight excluding hydrogens is 250 g/mol. The second-order valence-electron chi connectivity index (χ2n) is 3.32. The van der Waals surface area contributed by atoms with Gasteiger partial charge >= 0.3 is 0 Å². The van der Waals surface area contributed by atoms with Gasteiger partial charge in [0.2, 0.25) is 0 Å². The summed E-state index contributed by atoms with van der Waals surface area (Å²) in [5.74, 6) is -0.151. The van der Waals surface area contributed by atoms with E-state index in [-0.39, 0.29) is 34.8 Å². The molecule has 0 saturated heterocycles. The number of rotatable bonds is 5. The number of thioether (sulfide) groups is 1. The molecule has 1 amide bonds. The molecule has 2 unspecified atom stereocenters. The van der Waals surface area contributed by atoms with Crippen molar-refractivity contribution in [1.82, 2.24) is 5.32 Å². The lowest BCUT2D eigenvalue weighted by molar-refractivity contribution is 0.0908. The van der Waals surface area contributed by atoms with Crippen molar-refractivity contribution in [1.29, 1.82) is 0 Å². The molecule has 0 saturated carbocycles. The summed E-state index contributed by atoms with van der Waals surface area (Å²) in [6.45, 7) is 1.85. The molecule has 16 heavy (non-hydrogen) atoms. The van der Waals surface area contributed by atoms with Crippen LogP contribution in [-0.2, 0) is 0 Å². The Morgan fingerprint density at radius 1 is 1.69 bits per heavy atom. The van der Waals surface area contributed by atoms with Gasteiger partial charge in [-0.25, -0.2) is 0 Å². The average molecular weight is 264 g/mol. The molecule has 2 atom stereocenters. The van der Waals surface area contributed by atoms with Crippen molar-refractivity contribution < 1.29 is 14.3 Å². The summed E-state index contributed by atoms with van der Waals surface area (Å²) in [7, 11) is 0. The summed E-state index contributed by atoms with van der Waals surface area (Å²) in [4.78, 5) is 11.7. The van der Waals surface area contributed by atoms with Crippen molar-refractivity contribution in [2.45, 2.75) is 18.2 Å². The first kappa shape index (κ1) is 13.4. The Morgan fingerprint density at radius 3 is 2.81 bits per heavy atom. The van der Waals surface area contributed by atoms with Gasteiger partial charge in [-0.3, -0.25) is 4.79 Å². The first-order chi connectivity index (χ1) is 7.58. The Bertz CT molecular complexity index is 352. The highest BCUT2D eigenvalue weighted by Gasteiger charge is 2.19. The number of hydrogen-bond acceptors (Lipinski definition) is 4. The van der Waals surface area contributed by atoms with Crippen molar-refractivity contribution in [2.24, 2.45) is 0 Å². The Kier molecular flexibility index (Phi) is 5.18. The van der Waals surface area contributed by atoms with Crippen molar-refractivity contribution in [3.05, 3.63) is 23.1 Å². The van der Waals surface area contributed by atoms with Gasteiger partial charge in [-0.1, -0.05) is 0 Å². The predicted octanol–water partition coefficient (Wildman–Crippen LogP) is 1.78. The van der Waals surface area contributed by atoms with E-state index in [1.54, 1.807) is 0 Å². The van der Waals surface area contributed by atoms with Gasteiger partial charge in [0.1, 0.15) is 0 Å². The van der Waals surface area contributed by atoms with Crippen LogP contribution in [0, 0.1) is 0 Å². The monoisotopic (exact) mass is 263 g/mol. The molecule has 1 aromatic rings. The second kappa shape index (κ2) is 6.18. The fourth-order valence-corrected chi connectivity index (χ4v) is 2.02. The molecule has 4 nitrogen and oxygen atoms in total. The van der Waals surface area contributed by atoms with Gasteiger partial charge in [0.15, 0.2) is 11.0 Å².